The van der Waals surface area contributed by atoms with Crippen LogP contribution in [0.4, 0.5) is 0 Å². The lowest BCUT2D eigenvalue weighted by molar-refractivity contribution is 0.108. The summed E-state index contributed by atoms with van der Waals surface area (Å²) in [7, 11) is -3.28. The van der Waals surface area contributed by atoms with Crippen LogP contribution in [0, 0.1) is 0 Å². The highest BCUT2D eigenvalue weighted by Crippen LogP contribution is 2.15. The molecule has 0 fully saturated rings. The van der Waals surface area contributed by atoms with Crippen LogP contribution in [0.3, 0.4) is 0 Å². The molecule has 0 atom stereocenters. The van der Waals surface area contributed by atoms with Crippen molar-refractivity contribution in [3.8, 4) is 0 Å². The van der Waals surface area contributed by atoms with E-state index in [1.54, 1.807) is 18.2 Å². The van der Waals surface area contributed by atoms with Crippen LogP contribution in [-0.4, -0.2) is 25.3 Å². The molecule has 0 radical (unpaired) electrons. The van der Waals surface area contributed by atoms with Crippen molar-refractivity contribution in [1.29, 1.82) is 0 Å². The minimum absolute atomic E-state index is 0.0410. The molecule has 0 heterocycles. The standard InChI is InChI=1S/C10H10Cl2O3S/c11-5-6-16(14,15)7-8-3-1-2-4-9(8)10(12)13/h1-4H,5-7H2. The molecule has 88 valence electrons. The fraction of sp³-hybridized carbons (Fsp3) is 0.300. The molecular formula is C10H10Cl2O3S. The Morgan fingerprint density at radius 1 is 1.25 bits per heavy atom. The highest BCUT2D eigenvalue weighted by Gasteiger charge is 2.16. The molecular weight excluding hydrogens is 271 g/mol. The zero-order valence-electron chi connectivity index (χ0n) is 8.32. The number of benzene rings is 1. The predicted octanol–water partition coefficient (Wildman–Crippen LogP) is 2.22. The number of alkyl halides is 1. The summed E-state index contributed by atoms with van der Waals surface area (Å²) in [5, 5.41) is -0.656. The van der Waals surface area contributed by atoms with Gasteiger partial charge >= 0.3 is 0 Å². The molecule has 0 saturated carbocycles. The Balaban J connectivity index is 3.02. The third-order valence-corrected chi connectivity index (χ3v) is 4.19. The van der Waals surface area contributed by atoms with Crippen molar-refractivity contribution in [2.45, 2.75) is 5.75 Å². The van der Waals surface area contributed by atoms with Crippen LogP contribution in [0.1, 0.15) is 15.9 Å². The van der Waals surface area contributed by atoms with Gasteiger partial charge in [0.15, 0.2) is 9.84 Å². The third-order valence-electron chi connectivity index (χ3n) is 1.99. The fourth-order valence-corrected chi connectivity index (χ4v) is 3.26. The molecule has 0 aliphatic carbocycles. The summed E-state index contributed by atoms with van der Waals surface area (Å²) in [6.45, 7) is 0. The summed E-state index contributed by atoms with van der Waals surface area (Å²) in [6.07, 6.45) is 0. The number of carbonyl (C=O) groups is 1. The van der Waals surface area contributed by atoms with Crippen LogP contribution >= 0.6 is 23.2 Å². The maximum absolute atomic E-state index is 11.5. The van der Waals surface area contributed by atoms with Gasteiger partial charge < -0.3 is 0 Å². The lowest BCUT2D eigenvalue weighted by Gasteiger charge is -2.05. The van der Waals surface area contributed by atoms with Crippen molar-refractivity contribution in [3.63, 3.8) is 0 Å². The topological polar surface area (TPSA) is 51.2 Å². The van der Waals surface area contributed by atoms with E-state index in [4.69, 9.17) is 23.2 Å². The number of halogens is 2. The van der Waals surface area contributed by atoms with Crippen LogP contribution in [0.5, 0.6) is 0 Å². The monoisotopic (exact) mass is 280 g/mol. The van der Waals surface area contributed by atoms with E-state index in [2.05, 4.69) is 0 Å². The van der Waals surface area contributed by atoms with E-state index in [9.17, 15) is 13.2 Å². The van der Waals surface area contributed by atoms with E-state index in [1.807, 2.05) is 0 Å². The molecule has 3 nitrogen and oxygen atoms in total. The van der Waals surface area contributed by atoms with Gasteiger partial charge in [-0.3, -0.25) is 4.79 Å². The van der Waals surface area contributed by atoms with Crippen LogP contribution in [-0.2, 0) is 15.6 Å². The van der Waals surface area contributed by atoms with Crippen molar-refractivity contribution in [2.24, 2.45) is 0 Å². The second-order valence-electron chi connectivity index (χ2n) is 3.21. The first-order chi connectivity index (χ1) is 7.46. The lowest BCUT2D eigenvalue weighted by Crippen LogP contribution is -2.12. The zero-order valence-corrected chi connectivity index (χ0v) is 10.6. The highest BCUT2D eigenvalue weighted by atomic mass is 35.5. The summed E-state index contributed by atoms with van der Waals surface area (Å²) in [4.78, 5) is 11.1. The van der Waals surface area contributed by atoms with E-state index in [-0.39, 0.29) is 22.9 Å². The molecule has 0 amide bonds. The van der Waals surface area contributed by atoms with E-state index in [0.29, 0.717) is 5.56 Å². The molecule has 1 rings (SSSR count). The summed E-state index contributed by atoms with van der Waals surface area (Å²) in [5.41, 5.74) is 0.634. The average molecular weight is 281 g/mol. The van der Waals surface area contributed by atoms with Crippen molar-refractivity contribution in [1.82, 2.24) is 0 Å². The quantitative estimate of drug-likeness (QED) is 0.614. The van der Waals surface area contributed by atoms with Crippen LogP contribution < -0.4 is 0 Å². The van der Waals surface area contributed by atoms with Gasteiger partial charge in [-0.2, -0.15) is 0 Å². The molecule has 0 bridgehead atoms. The van der Waals surface area contributed by atoms with Gasteiger partial charge in [-0.15, -0.1) is 11.6 Å². The van der Waals surface area contributed by atoms with Gasteiger partial charge in [0, 0.05) is 11.4 Å². The second-order valence-corrected chi connectivity index (χ2v) is 6.12. The number of sulfone groups is 1. The highest BCUT2D eigenvalue weighted by molar-refractivity contribution is 7.90. The first-order valence-electron chi connectivity index (χ1n) is 4.50. The second kappa shape index (κ2) is 5.66. The number of carbonyl (C=O) groups excluding carboxylic acids is 1. The molecule has 0 aliphatic heterocycles. The number of hydrogen-bond acceptors (Lipinski definition) is 3. The molecule has 6 heteroatoms. The smallest absolute Gasteiger partial charge is 0.252 e. The van der Waals surface area contributed by atoms with E-state index >= 15 is 0 Å². The van der Waals surface area contributed by atoms with Crippen molar-refractivity contribution in [2.75, 3.05) is 11.6 Å². The van der Waals surface area contributed by atoms with Crippen LogP contribution in [0.15, 0.2) is 24.3 Å². The van der Waals surface area contributed by atoms with Crippen molar-refractivity contribution < 1.29 is 13.2 Å². The van der Waals surface area contributed by atoms with E-state index < -0.39 is 15.1 Å². The number of rotatable bonds is 5. The van der Waals surface area contributed by atoms with Gasteiger partial charge in [0.25, 0.3) is 5.24 Å². The zero-order chi connectivity index (χ0) is 12.2. The first kappa shape index (κ1) is 13.5. The van der Waals surface area contributed by atoms with Gasteiger partial charge in [-0.25, -0.2) is 8.42 Å². The number of hydrogen-bond donors (Lipinski definition) is 0. The molecule has 0 saturated heterocycles. The summed E-state index contributed by atoms with van der Waals surface area (Å²) >= 11 is 10.7. The van der Waals surface area contributed by atoms with Crippen LogP contribution in [0.2, 0.25) is 0 Å². The summed E-state index contributed by atoms with van der Waals surface area (Å²) in [5.74, 6) is -0.285. The largest absolute Gasteiger partial charge is 0.276 e. The molecule has 0 aliphatic rings. The minimum Gasteiger partial charge on any atom is -0.276 e. The Morgan fingerprint density at radius 2 is 1.88 bits per heavy atom. The molecule has 0 N–H and O–H groups in total. The molecule has 0 aromatic heterocycles. The van der Waals surface area contributed by atoms with Gasteiger partial charge in [0.1, 0.15) is 0 Å². The van der Waals surface area contributed by atoms with Gasteiger partial charge in [-0.05, 0) is 23.2 Å². The molecule has 16 heavy (non-hydrogen) atoms. The SMILES string of the molecule is O=C(Cl)c1ccccc1CS(=O)(=O)CCCl. The maximum Gasteiger partial charge on any atom is 0.252 e. The Bertz CT molecular complexity index is 483. The van der Waals surface area contributed by atoms with E-state index in [0.717, 1.165) is 0 Å². The maximum atomic E-state index is 11.5. The molecule has 1 aromatic rings. The van der Waals surface area contributed by atoms with Crippen molar-refractivity contribution in [3.05, 3.63) is 35.4 Å². The predicted molar refractivity (Wildman–Crippen MR) is 64.8 cm³/mol. The Morgan fingerprint density at radius 3 is 2.44 bits per heavy atom. The van der Waals surface area contributed by atoms with Crippen LogP contribution in [0.25, 0.3) is 0 Å². The van der Waals surface area contributed by atoms with E-state index in [1.165, 1.54) is 6.07 Å². The Hall–Kier alpha value is -0.580. The lowest BCUT2D eigenvalue weighted by atomic mass is 10.1. The summed E-state index contributed by atoms with van der Waals surface area (Å²) < 4.78 is 23.1. The Kier molecular flexibility index (Phi) is 4.77. The van der Waals surface area contributed by atoms with Gasteiger partial charge in [0.2, 0.25) is 0 Å². The molecule has 1 aromatic carbocycles. The first-order valence-corrected chi connectivity index (χ1v) is 7.24. The Labute approximate surface area is 104 Å². The van der Waals surface area contributed by atoms with Gasteiger partial charge in [0.05, 0.1) is 11.5 Å². The molecule has 0 unspecified atom stereocenters. The normalized spacial score (nSPS) is 11.4. The molecule has 0 spiro atoms. The van der Waals surface area contributed by atoms with Crippen molar-refractivity contribution >= 4 is 38.3 Å². The third kappa shape index (κ3) is 3.77. The minimum atomic E-state index is -3.28. The summed E-state index contributed by atoms with van der Waals surface area (Å²) in [6, 6.07) is 6.37. The van der Waals surface area contributed by atoms with Gasteiger partial charge in [-0.1, -0.05) is 18.2 Å². The average Bonchev–Trinajstić information content (AvgIpc) is 2.17. The fourth-order valence-electron chi connectivity index (χ4n) is 1.26.